The third-order valence-electron chi connectivity index (χ3n) is 4.86. The molecule has 1 aliphatic carbocycles. The molecule has 1 aromatic heterocycles. The van der Waals surface area contributed by atoms with Crippen LogP contribution in [-0.2, 0) is 4.79 Å². The van der Waals surface area contributed by atoms with Crippen molar-refractivity contribution in [3.63, 3.8) is 0 Å². The molecular formula is C20H26N4O3. The number of amides is 2. The predicted molar refractivity (Wildman–Crippen MR) is 104 cm³/mol. The van der Waals surface area contributed by atoms with Crippen LogP contribution in [0.1, 0.15) is 57.6 Å². The van der Waals surface area contributed by atoms with Crippen molar-refractivity contribution in [2.75, 3.05) is 11.9 Å². The largest absolute Gasteiger partial charge is 0.507 e. The second-order valence-corrected chi connectivity index (χ2v) is 6.86. The van der Waals surface area contributed by atoms with E-state index in [1.165, 1.54) is 10.7 Å². The standard InChI is InChI=1S/C20H26N4O3/c1-3-10-21-20(27)24-17(13-6-5-7-13)12-16(23-24)15-9-8-14(11-18(15)25)22-19(26)4-2/h8-9,11-13,25H,3-7,10H2,1-2H3,(H,21,27)(H,22,26). The molecule has 7 nitrogen and oxygen atoms in total. The molecule has 0 saturated heterocycles. The van der Waals surface area contributed by atoms with Gasteiger partial charge in [-0.3, -0.25) is 4.79 Å². The first kappa shape index (κ1) is 18.9. The predicted octanol–water partition coefficient (Wildman–Crippen LogP) is 3.84. The number of phenolic OH excluding ortho intramolecular Hbond substituents is 1. The molecular weight excluding hydrogens is 344 g/mol. The van der Waals surface area contributed by atoms with E-state index in [-0.39, 0.29) is 17.7 Å². The molecule has 1 heterocycles. The van der Waals surface area contributed by atoms with E-state index in [1.54, 1.807) is 19.1 Å². The maximum Gasteiger partial charge on any atom is 0.342 e. The summed E-state index contributed by atoms with van der Waals surface area (Å²) < 4.78 is 1.43. The zero-order valence-electron chi connectivity index (χ0n) is 15.8. The number of aromatic hydroxyl groups is 1. The van der Waals surface area contributed by atoms with Crippen molar-refractivity contribution in [1.29, 1.82) is 0 Å². The zero-order chi connectivity index (χ0) is 19.4. The van der Waals surface area contributed by atoms with E-state index in [4.69, 9.17) is 0 Å². The highest BCUT2D eigenvalue weighted by Crippen LogP contribution is 2.39. The lowest BCUT2D eigenvalue weighted by atomic mass is 9.82. The summed E-state index contributed by atoms with van der Waals surface area (Å²) >= 11 is 0. The van der Waals surface area contributed by atoms with Crippen molar-refractivity contribution < 1.29 is 14.7 Å². The number of anilines is 1. The summed E-state index contributed by atoms with van der Waals surface area (Å²) in [6.07, 6.45) is 4.45. The molecule has 1 aromatic carbocycles. The second-order valence-electron chi connectivity index (χ2n) is 6.86. The molecule has 2 amide bonds. The number of rotatable bonds is 6. The highest BCUT2D eigenvalue weighted by molar-refractivity contribution is 5.91. The number of aromatic nitrogens is 2. The molecule has 0 unspecified atom stereocenters. The minimum absolute atomic E-state index is 0.0164. The smallest absolute Gasteiger partial charge is 0.342 e. The maximum atomic E-state index is 12.5. The van der Waals surface area contributed by atoms with Crippen LogP contribution in [0.4, 0.5) is 10.5 Å². The van der Waals surface area contributed by atoms with Gasteiger partial charge >= 0.3 is 6.03 Å². The summed E-state index contributed by atoms with van der Waals surface area (Å²) in [6.45, 7) is 4.36. The van der Waals surface area contributed by atoms with E-state index in [0.29, 0.717) is 35.8 Å². The number of hydrogen-bond donors (Lipinski definition) is 3. The first-order chi connectivity index (χ1) is 13.0. The van der Waals surface area contributed by atoms with Gasteiger partial charge in [-0.05, 0) is 37.5 Å². The lowest BCUT2D eigenvalue weighted by Crippen LogP contribution is -2.32. The first-order valence-electron chi connectivity index (χ1n) is 9.54. The van der Waals surface area contributed by atoms with E-state index >= 15 is 0 Å². The highest BCUT2D eigenvalue weighted by atomic mass is 16.3. The SMILES string of the molecule is CCCNC(=O)n1nc(-c2ccc(NC(=O)CC)cc2O)cc1C1CCC1. The fourth-order valence-electron chi connectivity index (χ4n) is 3.07. The second kappa shape index (κ2) is 8.24. The van der Waals surface area contributed by atoms with Gasteiger partial charge in [0.2, 0.25) is 5.91 Å². The Morgan fingerprint density at radius 1 is 1.26 bits per heavy atom. The fraction of sp³-hybridized carbons (Fsp3) is 0.450. The molecule has 3 N–H and O–H groups in total. The molecule has 144 valence electrons. The monoisotopic (exact) mass is 370 g/mol. The number of carbonyl (C=O) groups excluding carboxylic acids is 2. The molecule has 0 aliphatic heterocycles. The van der Waals surface area contributed by atoms with Crippen LogP contribution in [0, 0.1) is 0 Å². The van der Waals surface area contributed by atoms with Gasteiger partial charge in [0.25, 0.3) is 0 Å². The minimum Gasteiger partial charge on any atom is -0.507 e. The van der Waals surface area contributed by atoms with Gasteiger partial charge in [-0.25, -0.2) is 4.79 Å². The summed E-state index contributed by atoms with van der Waals surface area (Å²) in [7, 11) is 0. The van der Waals surface area contributed by atoms with Crippen molar-refractivity contribution in [3.05, 3.63) is 30.0 Å². The first-order valence-corrected chi connectivity index (χ1v) is 9.54. The Morgan fingerprint density at radius 2 is 2.04 bits per heavy atom. The lowest BCUT2D eigenvalue weighted by molar-refractivity contribution is -0.115. The van der Waals surface area contributed by atoms with Crippen LogP contribution in [0.25, 0.3) is 11.3 Å². The average Bonchev–Trinajstić information content (AvgIpc) is 3.02. The summed E-state index contributed by atoms with van der Waals surface area (Å²) in [5.74, 6) is 0.220. The molecule has 3 rings (SSSR count). The molecule has 1 fully saturated rings. The molecule has 0 radical (unpaired) electrons. The van der Waals surface area contributed by atoms with Crippen molar-refractivity contribution in [1.82, 2.24) is 15.1 Å². The van der Waals surface area contributed by atoms with Crippen LogP contribution in [-0.4, -0.2) is 33.4 Å². The number of phenols is 1. The van der Waals surface area contributed by atoms with Crippen LogP contribution in [0.3, 0.4) is 0 Å². The van der Waals surface area contributed by atoms with Gasteiger partial charge in [0.05, 0.1) is 11.4 Å². The van der Waals surface area contributed by atoms with Gasteiger partial charge in [-0.15, -0.1) is 0 Å². The molecule has 1 aliphatic rings. The highest BCUT2D eigenvalue weighted by Gasteiger charge is 2.27. The summed E-state index contributed by atoms with van der Waals surface area (Å²) in [4.78, 5) is 24.0. The molecule has 0 atom stereocenters. The van der Waals surface area contributed by atoms with Gasteiger partial charge in [0.1, 0.15) is 5.75 Å². The number of benzene rings is 1. The van der Waals surface area contributed by atoms with Crippen LogP contribution >= 0.6 is 0 Å². The van der Waals surface area contributed by atoms with Gasteiger partial charge in [-0.2, -0.15) is 9.78 Å². The molecule has 0 spiro atoms. The maximum absolute atomic E-state index is 12.5. The zero-order valence-corrected chi connectivity index (χ0v) is 15.8. The van der Waals surface area contributed by atoms with Crippen molar-refractivity contribution in [2.45, 2.75) is 51.9 Å². The Balaban J connectivity index is 1.91. The number of carbonyl (C=O) groups is 2. The summed E-state index contributed by atoms with van der Waals surface area (Å²) in [6, 6.07) is 6.58. The van der Waals surface area contributed by atoms with Crippen LogP contribution in [0.5, 0.6) is 5.75 Å². The fourth-order valence-corrected chi connectivity index (χ4v) is 3.07. The van der Waals surface area contributed by atoms with E-state index in [9.17, 15) is 14.7 Å². The van der Waals surface area contributed by atoms with Crippen LogP contribution < -0.4 is 10.6 Å². The average molecular weight is 370 g/mol. The van der Waals surface area contributed by atoms with Gasteiger partial charge < -0.3 is 15.7 Å². The van der Waals surface area contributed by atoms with Crippen LogP contribution in [0.15, 0.2) is 24.3 Å². The van der Waals surface area contributed by atoms with Gasteiger partial charge in [-0.1, -0.05) is 20.3 Å². The minimum atomic E-state index is -0.240. The van der Waals surface area contributed by atoms with E-state index in [1.807, 2.05) is 13.0 Å². The normalized spacial score (nSPS) is 13.9. The summed E-state index contributed by atoms with van der Waals surface area (Å²) in [5, 5.41) is 20.5. The third kappa shape index (κ3) is 4.13. The van der Waals surface area contributed by atoms with Crippen LogP contribution in [0.2, 0.25) is 0 Å². The topological polar surface area (TPSA) is 96.3 Å². The third-order valence-corrected chi connectivity index (χ3v) is 4.86. The number of nitrogens with one attached hydrogen (secondary N) is 2. The summed E-state index contributed by atoms with van der Waals surface area (Å²) in [5.41, 5.74) is 2.50. The number of hydrogen-bond acceptors (Lipinski definition) is 4. The molecule has 27 heavy (non-hydrogen) atoms. The Labute approximate surface area is 158 Å². The number of nitrogens with zero attached hydrogens (tertiary/aromatic N) is 2. The Bertz CT molecular complexity index is 840. The van der Waals surface area contributed by atoms with Crippen molar-refractivity contribution in [3.8, 4) is 17.0 Å². The quantitative estimate of drug-likeness (QED) is 0.720. The van der Waals surface area contributed by atoms with Crippen molar-refractivity contribution in [2.24, 2.45) is 0 Å². The molecule has 1 saturated carbocycles. The van der Waals surface area contributed by atoms with Gasteiger partial charge in [0, 0.05) is 36.2 Å². The Kier molecular flexibility index (Phi) is 5.78. The molecule has 7 heteroatoms. The Morgan fingerprint density at radius 3 is 2.63 bits per heavy atom. The molecule has 2 aromatic rings. The van der Waals surface area contributed by atoms with Crippen molar-refractivity contribution >= 4 is 17.6 Å². The Hall–Kier alpha value is -2.83. The van der Waals surface area contributed by atoms with E-state index in [2.05, 4.69) is 15.7 Å². The van der Waals surface area contributed by atoms with E-state index in [0.717, 1.165) is 31.4 Å². The van der Waals surface area contributed by atoms with Gasteiger partial charge in [0.15, 0.2) is 0 Å². The van der Waals surface area contributed by atoms with E-state index < -0.39 is 0 Å². The lowest BCUT2D eigenvalue weighted by Gasteiger charge is -2.25. The molecule has 0 bridgehead atoms.